The van der Waals surface area contributed by atoms with Crippen molar-refractivity contribution < 1.29 is 24.5 Å². The van der Waals surface area contributed by atoms with Crippen LogP contribution in [0, 0.1) is 0 Å². The average molecular weight is 420 g/mol. The highest BCUT2D eigenvalue weighted by Gasteiger charge is 2.07. The van der Waals surface area contributed by atoms with Gasteiger partial charge in [0.15, 0.2) is 6.61 Å². The zero-order valence-electron chi connectivity index (χ0n) is 16.3. The molecule has 1 unspecified atom stereocenters. The number of benzene rings is 2. The van der Waals surface area contributed by atoms with Gasteiger partial charge in [0.1, 0.15) is 24.2 Å². The van der Waals surface area contributed by atoms with Gasteiger partial charge in [-0.15, -0.1) is 0 Å². The topological polar surface area (TPSA) is 88.0 Å². The second kappa shape index (κ2) is 12.1. The van der Waals surface area contributed by atoms with E-state index in [9.17, 15) is 9.90 Å². The minimum absolute atomic E-state index is 0.197. The Hall–Kier alpha value is -2.54. The minimum atomic E-state index is -1.00. The molecule has 156 valence electrons. The van der Waals surface area contributed by atoms with E-state index in [1.807, 2.05) is 25.1 Å². The van der Waals surface area contributed by atoms with Gasteiger partial charge in [0.05, 0.1) is 0 Å². The van der Waals surface area contributed by atoms with E-state index < -0.39 is 12.1 Å². The van der Waals surface area contributed by atoms with Crippen molar-refractivity contribution in [3.63, 3.8) is 0 Å². The quantitative estimate of drug-likeness (QED) is 0.455. The van der Waals surface area contributed by atoms with Crippen LogP contribution in [0.5, 0.6) is 11.5 Å². The first-order valence-corrected chi connectivity index (χ1v) is 9.73. The monoisotopic (exact) mass is 419 g/mol. The first-order valence-electron chi connectivity index (χ1n) is 9.35. The van der Waals surface area contributed by atoms with E-state index >= 15 is 0 Å². The molecule has 6 nitrogen and oxygen atoms in total. The summed E-state index contributed by atoms with van der Waals surface area (Å²) < 4.78 is 10.7. The molecule has 2 aromatic carbocycles. The Morgan fingerprint density at radius 2 is 1.72 bits per heavy atom. The standard InChI is InChI=1S/C22H26ClNO5/c1-2-16(17-3-7-20(8-4-17)29-15-22(26)27)11-12-24-13-19(25)14-28-21-9-5-18(23)6-10-21/h2-10,19,24-25H,11-15H2,1H3,(H,26,27)/b16-2+. The van der Waals surface area contributed by atoms with Crippen LogP contribution >= 0.6 is 11.6 Å². The zero-order valence-corrected chi connectivity index (χ0v) is 17.1. The predicted molar refractivity (Wildman–Crippen MR) is 114 cm³/mol. The summed E-state index contributed by atoms with van der Waals surface area (Å²) in [6, 6.07) is 14.3. The highest BCUT2D eigenvalue weighted by atomic mass is 35.5. The number of rotatable bonds is 12. The van der Waals surface area contributed by atoms with Crippen LogP contribution in [0.2, 0.25) is 5.02 Å². The van der Waals surface area contributed by atoms with E-state index in [4.69, 9.17) is 26.2 Å². The van der Waals surface area contributed by atoms with Gasteiger partial charge in [0, 0.05) is 11.6 Å². The lowest BCUT2D eigenvalue weighted by molar-refractivity contribution is -0.139. The molecule has 1 atom stereocenters. The number of hydrogen-bond acceptors (Lipinski definition) is 5. The fourth-order valence-corrected chi connectivity index (χ4v) is 2.77. The highest BCUT2D eigenvalue weighted by Crippen LogP contribution is 2.21. The highest BCUT2D eigenvalue weighted by molar-refractivity contribution is 6.30. The maximum absolute atomic E-state index is 10.5. The molecule has 0 aliphatic carbocycles. The van der Waals surface area contributed by atoms with Crippen molar-refractivity contribution in [1.29, 1.82) is 0 Å². The number of aliphatic hydroxyl groups excluding tert-OH is 1. The lowest BCUT2D eigenvalue weighted by Crippen LogP contribution is -2.32. The third-order valence-electron chi connectivity index (χ3n) is 4.14. The summed E-state index contributed by atoms with van der Waals surface area (Å²) in [6.45, 7) is 2.94. The maximum Gasteiger partial charge on any atom is 0.341 e. The summed E-state index contributed by atoms with van der Waals surface area (Å²) in [7, 11) is 0. The van der Waals surface area contributed by atoms with Gasteiger partial charge in [-0.05, 0) is 67.4 Å². The Morgan fingerprint density at radius 3 is 2.34 bits per heavy atom. The number of carboxylic acid groups (broad SMARTS) is 1. The van der Waals surface area contributed by atoms with Crippen molar-refractivity contribution in [2.24, 2.45) is 0 Å². The van der Waals surface area contributed by atoms with E-state index in [1.54, 1.807) is 36.4 Å². The van der Waals surface area contributed by atoms with Gasteiger partial charge in [-0.1, -0.05) is 29.8 Å². The summed E-state index contributed by atoms with van der Waals surface area (Å²) in [5.41, 5.74) is 2.19. The largest absolute Gasteiger partial charge is 0.491 e. The summed E-state index contributed by atoms with van der Waals surface area (Å²) in [5.74, 6) is 0.184. The molecule has 0 radical (unpaired) electrons. The summed E-state index contributed by atoms with van der Waals surface area (Å²) >= 11 is 5.83. The molecule has 3 N–H and O–H groups in total. The number of hydrogen-bond donors (Lipinski definition) is 3. The second-order valence-electron chi connectivity index (χ2n) is 6.39. The maximum atomic E-state index is 10.5. The Bertz CT molecular complexity index is 790. The van der Waals surface area contributed by atoms with Gasteiger partial charge in [0.25, 0.3) is 0 Å². The molecule has 0 aliphatic heterocycles. The third-order valence-corrected chi connectivity index (χ3v) is 4.39. The number of carboxylic acids is 1. The minimum Gasteiger partial charge on any atom is -0.491 e. The Balaban J connectivity index is 1.69. The van der Waals surface area contributed by atoms with Crippen LogP contribution in [0.3, 0.4) is 0 Å². The van der Waals surface area contributed by atoms with Gasteiger partial charge < -0.3 is 25.0 Å². The van der Waals surface area contributed by atoms with Crippen molar-refractivity contribution in [3.05, 3.63) is 65.2 Å². The molecular formula is C22H26ClNO5. The number of allylic oxidation sites excluding steroid dienone is 1. The number of carbonyl (C=O) groups is 1. The molecule has 0 saturated carbocycles. The third kappa shape index (κ3) is 8.56. The van der Waals surface area contributed by atoms with Crippen LogP contribution in [0.15, 0.2) is 54.6 Å². The van der Waals surface area contributed by atoms with E-state index in [-0.39, 0.29) is 13.2 Å². The van der Waals surface area contributed by atoms with Gasteiger partial charge in [-0.3, -0.25) is 0 Å². The number of nitrogens with one attached hydrogen (secondary N) is 1. The van der Waals surface area contributed by atoms with Crippen molar-refractivity contribution in [3.8, 4) is 11.5 Å². The average Bonchev–Trinajstić information content (AvgIpc) is 2.72. The fraction of sp³-hybridized carbons (Fsp3) is 0.318. The predicted octanol–water partition coefficient (Wildman–Crippen LogP) is 3.63. The van der Waals surface area contributed by atoms with Crippen molar-refractivity contribution in [2.75, 3.05) is 26.3 Å². The second-order valence-corrected chi connectivity index (χ2v) is 6.83. The van der Waals surface area contributed by atoms with Crippen molar-refractivity contribution in [2.45, 2.75) is 19.4 Å². The Labute approximate surface area is 175 Å². The molecule has 0 saturated heterocycles. The Morgan fingerprint density at radius 1 is 1.10 bits per heavy atom. The first-order chi connectivity index (χ1) is 14.0. The van der Waals surface area contributed by atoms with Crippen LogP contribution in [-0.4, -0.2) is 48.6 Å². The van der Waals surface area contributed by atoms with Crippen molar-refractivity contribution >= 4 is 23.1 Å². The molecule has 0 aliphatic rings. The smallest absolute Gasteiger partial charge is 0.341 e. The van der Waals surface area contributed by atoms with E-state index in [0.717, 1.165) is 17.6 Å². The van der Waals surface area contributed by atoms with Crippen LogP contribution < -0.4 is 14.8 Å². The van der Waals surface area contributed by atoms with Crippen molar-refractivity contribution in [1.82, 2.24) is 5.32 Å². The number of halogens is 1. The van der Waals surface area contributed by atoms with E-state index in [2.05, 4.69) is 5.32 Å². The van der Waals surface area contributed by atoms with Crippen LogP contribution in [0.25, 0.3) is 5.57 Å². The van der Waals surface area contributed by atoms with Gasteiger partial charge >= 0.3 is 5.97 Å². The molecule has 0 bridgehead atoms. The fourth-order valence-electron chi connectivity index (χ4n) is 2.64. The molecule has 7 heteroatoms. The molecule has 0 amide bonds. The molecule has 2 rings (SSSR count). The zero-order chi connectivity index (χ0) is 21.1. The van der Waals surface area contributed by atoms with Crippen LogP contribution in [-0.2, 0) is 4.79 Å². The molecule has 0 heterocycles. The lowest BCUT2D eigenvalue weighted by Gasteiger charge is -2.14. The van der Waals surface area contributed by atoms with Gasteiger partial charge in [-0.2, -0.15) is 0 Å². The van der Waals surface area contributed by atoms with Crippen LogP contribution in [0.1, 0.15) is 18.9 Å². The number of ether oxygens (including phenoxy) is 2. The van der Waals surface area contributed by atoms with E-state index in [0.29, 0.717) is 29.6 Å². The lowest BCUT2D eigenvalue weighted by atomic mass is 10.0. The van der Waals surface area contributed by atoms with Crippen LogP contribution in [0.4, 0.5) is 0 Å². The number of aliphatic carboxylic acids is 1. The molecule has 29 heavy (non-hydrogen) atoms. The van der Waals surface area contributed by atoms with Gasteiger partial charge in [-0.25, -0.2) is 4.79 Å². The molecule has 2 aromatic rings. The summed E-state index contributed by atoms with van der Waals surface area (Å²) in [6.07, 6.45) is 2.20. The molecule has 0 spiro atoms. The molecule has 0 aromatic heterocycles. The molecular weight excluding hydrogens is 394 g/mol. The number of aliphatic hydroxyl groups is 1. The molecule has 0 fully saturated rings. The summed E-state index contributed by atoms with van der Waals surface area (Å²) in [4.78, 5) is 10.5. The van der Waals surface area contributed by atoms with E-state index in [1.165, 1.54) is 0 Å². The SMILES string of the molecule is C/C=C(\CCNCC(O)COc1ccc(Cl)cc1)c1ccc(OCC(=O)O)cc1. The Kier molecular flexibility index (Phi) is 9.50. The summed E-state index contributed by atoms with van der Waals surface area (Å²) in [5, 5.41) is 22.6. The normalized spacial score (nSPS) is 12.4. The van der Waals surface area contributed by atoms with Gasteiger partial charge in [0.2, 0.25) is 0 Å². The first kappa shape index (κ1) is 22.7.